The molecule has 10 aromatic heterocycles. The van der Waals surface area contributed by atoms with Gasteiger partial charge in [0.1, 0.15) is 0 Å². The van der Waals surface area contributed by atoms with Gasteiger partial charge in [-0.25, -0.2) is 24.9 Å². The minimum atomic E-state index is 0.151. The van der Waals surface area contributed by atoms with Crippen molar-refractivity contribution < 1.29 is 22.1 Å². The van der Waals surface area contributed by atoms with Gasteiger partial charge in [-0.15, -0.1) is 0 Å². The van der Waals surface area contributed by atoms with E-state index in [4.69, 9.17) is 22.1 Å². The van der Waals surface area contributed by atoms with Gasteiger partial charge in [-0.05, 0) is 337 Å². The van der Waals surface area contributed by atoms with Crippen molar-refractivity contribution in [3.8, 4) is 0 Å². The number of rotatable bonds is 5. The summed E-state index contributed by atoms with van der Waals surface area (Å²) in [4.78, 5) is 41.8. The summed E-state index contributed by atoms with van der Waals surface area (Å²) >= 11 is 0. The largest absolute Gasteiger partial charge is 0.436 e. The number of anilines is 5. The monoisotopic (exact) mass is 1790 g/mol. The van der Waals surface area contributed by atoms with E-state index in [1.807, 2.05) is 34.6 Å². The smallest absolute Gasteiger partial charge is 0.227 e. The summed E-state index contributed by atoms with van der Waals surface area (Å²) in [7, 11) is 0. The predicted octanol–water partition coefficient (Wildman–Crippen LogP) is 29.1. The number of hydrogen-bond acceptors (Lipinski definition) is 17. The fraction of sp³-hybridized carbons (Fsp3) is 0.479. The fourth-order valence-electron chi connectivity index (χ4n) is 28.4. The summed E-state index contributed by atoms with van der Waals surface area (Å²) in [5.41, 5.74) is 31.0. The van der Waals surface area contributed by atoms with Crippen LogP contribution in [0.4, 0.5) is 28.4 Å². The lowest BCUT2D eigenvalue weighted by Crippen LogP contribution is -2.72. The lowest BCUT2D eigenvalue weighted by molar-refractivity contribution is -0.0523. The maximum absolute atomic E-state index is 6.44. The fourth-order valence-corrected chi connectivity index (χ4v) is 28.4. The van der Waals surface area contributed by atoms with Crippen LogP contribution in [0.5, 0.6) is 0 Å². The first-order chi connectivity index (χ1) is 63.9. The molecule has 0 amide bonds. The highest BCUT2D eigenvalue weighted by Crippen LogP contribution is 2.64. The zero-order chi connectivity index (χ0) is 93.7. The molecule has 17 atom stereocenters. The summed E-state index contributed by atoms with van der Waals surface area (Å²) < 4.78 is 31.9. The quantitative estimate of drug-likeness (QED) is 0.160. The summed E-state index contributed by atoms with van der Waals surface area (Å²) in [6.07, 6.45) is 14.5. The average molecular weight is 1790 g/mol. The second-order valence-corrected chi connectivity index (χ2v) is 44.8. The molecule has 3 aliphatic carbocycles. The normalized spacial score (nSPS) is 30.5. The third-order valence-electron chi connectivity index (χ3n) is 37.0. The van der Waals surface area contributed by atoms with Crippen molar-refractivity contribution in [3.05, 3.63) is 213 Å². The van der Waals surface area contributed by atoms with E-state index in [9.17, 15) is 0 Å². The molecule has 6 aromatic carbocycles. The number of piperidine rings is 7. The Morgan fingerprint density at radius 2 is 0.672 bits per heavy atom. The van der Waals surface area contributed by atoms with Crippen LogP contribution in [-0.2, 0) is 0 Å². The van der Waals surface area contributed by atoms with Crippen LogP contribution in [0.25, 0.3) is 110 Å². The van der Waals surface area contributed by atoms with Crippen molar-refractivity contribution in [2.24, 2.45) is 28.6 Å². The van der Waals surface area contributed by atoms with Crippen molar-refractivity contribution >= 4 is 139 Å². The van der Waals surface area contributed by atoms with E-state index in [1.165, 1.54) is 179 Å². The molecular formula is C117H138N12O5. The van der Waals surface area contributed by atoms with Gasteiger partial charge in [0.2, 0.25) is 28.6 Å². The van der Waals surface area contributed by atoms with Gasteiger partial charge in [-0.3, -0.25) is 9.80 Å². The number of aromatic nitrogens is 5. The van der Waals surface area contributed by atoms with E-state index >= 15 is 0 Å². The number of furan rings is 5. The molecule has 0 spiro atoms. The lowest BCUT2D eigenvalue weighted by Gasteiger charge is -2.68. The van der Waals surface area contributed by atoms with Crippen LogP contribution in [0.15, 0.2) is 168 Å². The van der Waals surface area contributed by atoms with E-state index in [2.05, 4.69) is 343 Å². The zero-order valence-corrected chi connectivity index (χ0v) is 84.0. The van der Waals surface area contributed by atoms with Crippen molar-refractivity contribution in [2.45, 2.75) is 314 Å². The minimum Gasteiger partial charge on any atom is -0.436 e. The first-order valence-electron chi connectivity index (χ1n) is 50.4. The first-order valence-corrected chi connectivity index (χ1v) is 50.4. The Bertz CT molecular complexity index is 7430. The summed E-state index contributed by atoms with van der Waals surface area (Å²) in [5, 5.41) is 11.5. The second-order valence-electron chi connectivity index (χ2n) is 44.8. The second kappa shape index (κ2) is 31.5. The minimum absolute atomic E-state index is 0.151. The molecule has 15 aliphatic rings. The Kier molecular flexibility index (Phi) is 20.8. The molecule has 696 valence electrons. The van der Waals surface area contributed by atoms with Crippen molar-refractivity contribution in [1.29, 1.82) is 0 Å². The average Bonchev–Trinajstić information content (AvgIpc) is 0.882. The molecule has 134 heavy (non-hydrogen) atoms. The third-order valence-corrected chi connectivity index (χ3v) is 37.0. The Labute approximate surface area is 790 Å². The highest BCUT2D eigenvalue weighted by molar-refractivity contribution is 6.13. The maximum atomic E-state index is 6.44. The third kappa shape index (κ3) is 13.2. The van der Waals surface area contributed by atoms with Gasteiger partial charge in [0.25, 0.3) is 0 Å². The Balaban J connectivity index is 0.0000000975. The molecule has 17 heteroatoms. The molecule has 11 saturated heterocycles. The van der Waals surface area contributed by atoms with Gasteiger partial charge < -0.3 is 46.6 Å². The van der Waals surface area contributed by atoms with Crippen LogP contribution < -0.4 is 24.5 Å². The van der Waals surface area contributed by atoms with E-state index in [0.29, 0.717) is 65.2 Å². The van der Waals surface area contributed by atoms with E-state index < -0.39 is 0 Å². The lowest BCUT2D eigenvalue weighted by atomic mass is 9.50. The number of pyridine rings is 5. The van der Waals surface area contributed by atoms with Crippen molar-refractivity contribution in [2.75, 3.05) is 44.1 Å². The van der Waals surface area contributed by atoms with Gasteiger partial charge in [-0.2, -0.15) is 0 Å². The van der Waals surface area contributed by atoms with Crippen molar-refractivity contribution in [1.82, 2.24) is 34.7 Å². The van der Waals surface area contributed by atoms with E-state index in [0.717, 1.165) is 124 Å². The summed E-state index contributed by atoms with van der Waals surface area (Å²) in [6.45, 7) is 61.2. The molecule has 12 aliphatic heterocycles. The molecular weight excluding hydrogens is 1650 g/mol. The zero-order valence-electron chi connectivity index (χ0n) is 84.0. The standard InChI is InChI=1S/C25H24N2O.C25H32N2O.C24H30N2O.C22H27N3O.C21H25N3O/c1-14-8-10-20-21-11-9-15(2)26-25(21)28-24(20)23(14)27-16(3)17-12-13-22(27)19-7-5-4-6-18(17)19;1-14-8-10-19-20-11-9-15(2)26-23(20)28-22(19)21(14)27-18(5)24(6)12-13-25(27,7)17(4)16(24)3;1-14-7-9-18-19-10-8-16(3)25-22(19)27-21(18)20(14)26-17(4)24(6)12-11-23(26,5)13-15(24)2;1-13-6-8-17-18-9-7-14(2)23-21(18)26-20(17)19(13)25-16(4)24-11-10-22(25,5)12-15(24)3;1-13-5-7-16-17-8-6-14(2)22-20(17)25-19(16)18(13)24-15(3)23-11-9-21(24,4)10-12-23/h4-11,16-17,22H,12-13H2,1-3H3;8-11,16-18H,12-13H2,1-7H3;7-10,15,17H,11-13H2,1-6H3;6-9,15-16H,10-12H2,1-5H3;5-8,15H,9-12H2,1-4H3/t16-,17?,22?;16?,17?,18-,24?,25?;15?,17-,23?,24?;15?,16-,22?;15-/m00000/s1. The highest BCUT2D eigenvalue weighted by atomic mass is 16.4. The molecule has 10 bridgehead atoms. The molecule has 0 radical (unpaired) electrons. The van der Waals surface area contributed by atoms with Crippen LogP contribution in [0, 0.1) is 97.8 Å². The number of benzene rings is 6. The molecule has 12 unspecified atom stereocenters. The maximum Gasteiger partial charge on any atom is 0.227 e. The Hall–Kier alpha value is -11.0. The Morgan fingerprint density at radius 1 is 0.313 bits per heavy atom. The van der Waals surface area contributed by atoms with Crippen molar-refractivity contribution in [3.63, 3.8) is 0 Å². The highest BCUT2D eigenvalue weighted by Gasteiger charge is 2.62. The van der Waals surface area contributed by atoms with E-state index in [-0.39, 0.29) is 22.2 Å². The number of hydrogen-bond donors (Lipinski definition) is 0. The van der Waals surface area contributed by atoms with Crippen LogP contribution in [0.2, 0.25) is 0 Å². The van der Waals surface area contributed by atoms with Gasteiger partial charge in [0.05, 0.1) is 46.8 Å². The molecule has 13 fully saturated rings. The van der Waals surface area contributed by atoms with Crippen LogP contribution in [-0.4, -0.2) is 113 Å². The molecule has 22 heterocycles. The molecule has 16 aromatic rings. The topological polar surface area (TPSA) is 153 Å². The SMILES string of the molecule is Cc1ccc2c(n1)oc1c(N3C4CCC(c5ccccc54)[C@@H]3C)c(C)ccc12.Cc1ccc2c(n1)oc1c(N3[C@@H](C)C4(C)CCC3(C)C(C)C4C)c(C)ccc12.Cc1ccc2c(n1)oc1c(N3[C@@H](C)C4(C)CCC3(C)CC4C)c(C)ccc12.Cc1ccc2c(n1)oc1c(N3[C@@H](C)N4CCC3(C)CC4)c(C)ccc12.Cc1ccc2c(n1)oc1c(N3[C@@H](C)N4CCC3(C)CC4C)c(C)ccc12. The van der Waals surface area contributed by atoms with Crippen LogP contribution in [0.3, 0.4) is 0 Å². The van der Waals surface area contributed by atoms with Gasteiger partial charge >= 0.3 is 0 Å². The number of aryl methyl sites for hydroxylation is 10. The van der Waals surface area contributed by atoms with E-state index in [1.54, 1.807) is 5.56 Å². The van der Waals surface area contributed by atoms with Crippen LogP contribution >= 0.6 is 0 Å². The van der Waals surface area contributed by atoms with Gasteiger partial charge in [0, 0.05) is 154 Å². The molecule has 0 N–H and O–H groups in total. The van der Waals surface area contributed by atoms with Gasteiger partial charge in [0.15, 0.2) is 27.9 Å². The van der Waals surface area contributed by atoms with Crippen LogP contribution in [0.1, 0.15) is 254 Å². The number of nitrogens with zero attached hydrogens (tertiary/aromatic N) is 12. The molecule has 2 saturated carbocycles. The predicted molar refractivity (Wildman–Crippen MR) is 552 cm³/mol. The number of fused-ring (bicyclic) bond motifs is 29. The first kappa shape index (κ1) is 88.3. The summed E-state index contributed by atoms with van der Waals surface area (Å²) in [6, 6.07) is 54.8. The molecule has 17 nitrogen and oxygen atoms in total. The molecule has 31 rings (SSSR count). The Morgan fingerprint density at radius 3 is 1.08 bits per heavy atom. The summed E-state index contributed by atoms with van der Waals surface area (Å²) in [5.74, 6) is 2.70. The van der Waals surface area contributed by atoms with Gasteiger partial charge in [-0.1, -0.05) is 120 Å².